The molecule has 39 heavy (non-hydrogen) atoms. The standard InChI is InChI=1S/C34H33FO4/c1-2-26-22-31(29-15-18-30(35)19-16-29)33(39-24-25-10-4-3-5-11-25)23-32(26)38-21-9-8-14-27-12-6-7-13-28(27)17-20-34(36)37/h3-8,10-16,18-19,22-23H,2,9,17,20-21,24H2,1H3,(H,36,37). The molecule has 0 radical (unpaired) electrons. The Morgan fingerprint density at radius 1 is 0.872 bits per heavy atom. The predicted molar refractivity (Wildman–Crippen MR) is 154 cm³/mol. The zero-order valence-electron chi connectivity index (χ0n) is 22.1. The van der Waals surface area contributed by atoms with Gasteiger partial charge in [-0.25, -0.2) is 4.39 Å². The van der Waals surface area contributed by atoms with E-state index in [2.05, 4.69) is 13.0 Å². The van der Waals surface area contributed by atoms with Crippen molar-refractivity contribution in [3.05, 3.63) is 125 Å². The number of carboxylic acids is 1. The molecule has 0 saturated heterocycles. The number of carboxylic acid groups (broad SMARTS) is 1. The second-order valence-corrected chi connectivity index (χ2v) is 9.22. The van der Waals surface area contributed by atoms with Crippen LogP contribution in [-0.4, -0.2) is 17.7 Å². The molecule has 0 amide bonds. The third-order valence-electron chi connectivity index (χ3n) is 6.44. The van der Waals surface area contributed by atoms with Crippen LogP contribution >= 0.6 is 0 Å². The molecule has 0 atom stereocenters. The van der Waals surface area contributed by atoms with Crippen molar-refractivity contribution >= 4 is 12.0 Å². The van der Waals surface area contributed by atoms with Gasteiger partial charge in [-0.2, -0.15) is 0 Å². The van der Waals surface area contributed by atoms with Gasteiger partial charge in [0.25, 0.3) is 0 Å². The van der Waals surface area contributed by atoms with Crippen LogP contribution in [0.25, 0.3) is 17.2 Å². The smallest absolute Gasteiger partial charge is 0.303 e. The highest BCUT2D eigenvalue weighted by atomic mass is 19.1. The summed E-state index contributed by atoms with van der Waals surface area (Å²) in [6.07, 6.45) is 6.14. The summed E-state index contributed by atoms with van der Waals surface area (Å²) in [7, 11) is 0. The molecule has 200 valence electrons. The number of ether oxygens (including phenoxy) is 2. The lowest BCUT2D eigenvalue weighted by Gasteiger charge is -2.17. The molecule has 0 fully saturated rings. The van der Waals surface area contributed by atoms with Gasteiger partial charge in [-0.1, -0.05) is 85.8 Å². The maximum atomic E-state index is 13.6. The fourth-order valence-corrected chi connectivity index (χ4v) is 4.34. The molecule has 0 aliphatic carbocycles. The van der Waals surface area contributed by atoms with Crippen LogP contribution in [0.1, 0.15) is 42.0 Å². The number of halogens is 1. The van der Waals surface area contributed by atoms with Crippen LogP contribution in [-0.2, 0) is 24.2 Å². The van der Waals surface area contributed by atoms with E-state index in [1.165, 1.54) is 12.1 Å². The Bertz CT molecular complexity index is 1390. The van der Waals surface area contributed by atoms with Crippen LogP contribution in [0.4, 0.5) is 4.39 Å². The summed E-state index contributed by atoms with van der Waals surface area (Å²) in [5.41, 5.74) is 5.91. The first kappa shape index (κ1) is 27.6. The average Bonchev–Trinajstić information content (AvgIpc) is 2.96. The van der Waals surface area contributed by atoms with Crippen molar-refractivity contribution in [1.82, 2.24) is 0 Å². The lowest BCUT2D eigenvalue weighted by molar-refractivity contribution is -0.136. The number of hydrogen-bond acceptors (Lipinski definition) is 3. The van der Waals surface area contributed by atoms with Crippen molar-refractivity contribution < 1.29 is 23.8 Å². The molecule has 5 heteroatoms. The second-order valence-electron chi connectivity index (χ2n) is 9.22. The summed E-state index contributed by atoms with van der Waals surface area (Å²) in [5, 5.41) is 9.01. The number of aliphatic carboxylic acids is 1. The Balaban J connectivity index is 1.49. The minimum Gasteiger partial charge on any atom is -0.493 e. The first-order valence-corrected chi connectivity index (χ1v) is 13.2. The van der Waals surface area contributed by atoms with Gasteiger partial charge in [0.05, 0.1) is 6.61 Å². The van der Waals surface area contributed by atoms with Gasteiger partial charge < -0.3 is 14.6 Å². The minimum atomic E-state index is -0.800. The van der Waals surface area contributed by atoms with E-state index >= 15 is 0 Å². The topological polar surface area (TPSA) is 55.8 Å². The van der Waals surface area contributed by atoms with Crippen molar-refractivity contribution in [1.29, 1.82) is 0 Å². The fourth-order valence-electron chi connectivity index (χ4n) is 4.34. The Morgan fingerprint density at radius 3 is 2.36 bits per heavy atom. The summed E-state index contributed by atoms with van der Waals surface area (Å²) in [5.74, 6) is 0.368. The Labute approximate surface area is 229 Å². The molecule has 0 bridgehead atoms. The Kier molecular flexibility index (Phi) is 9.90. The van der Waals surface area contributed by atoms with E-state index in [4.69, 9.17) is 14.6 Å². The first-order valence-electron chi connectivity index (χ1n) is 13.2. The molecule has 4 rings (SSSR count). The zero-order chi connectivity index (χ0) is 27.5. The number of hydrogen-bond donors (Lipinski definition) is 1. The highest BCUT2D eigenvalue weighted by Crippen LogP contribution is 2.37. The molecular formula is C34H33FO4. The summed E-state index contributed by atoms with van der Waals surface area (Å²) in [6, 6.07) is 28.2. The highest BCUT2D eigenvalue weighted by Gasteiger charge is 2.14. The number of carbonyl (C=O) groups is 1. The molecule has 4 aromatic rings. The third kappa shape index (κ3) is 8.05. The molecule has 0 saturated carbocycles. The molecule has 0 unspecified atom stereocenters. The van der Waals surface area contributed by atoms with Crippen LogP contribution in [0.3, 0.4) is 0 Å². The largest absolute Gasteiger partial charge is 0.493 e. The van der Waals surface area contributed by atoms with Crippen molar-refractivity contribution in [2.75, 3.05) is 6.61 Å². The Morgan fingerprint density at radius 2 is 1.62 bits per heavy atom. The van der Waals surface area contributed by atoms with Crippen molar-refractivity contribution in [2.24, 2.45) is 0 Å². The lowest BCUT2D eigenvalue weighted by atomic mass is 9.99. The van der Waals surface area contributed by atoms with E-state index in [0.29, 0.717) is 31.8 Å². The maximum Gasteiger partial charge on any atom is 0.303 e. The van der Waals surface area contributed by atoms with Crippen molar-refractivity contribution in [3.8, 4) is 22.6 Å². The molecule has 0 aromatic heterocycles. The Hall–Kier alpha value is -4.38. The highest BCUT2D eigenvalue weighted by molar-refractivity contribution is 5.73. The molecule has 0 aliphatic heterocycles. The van der Waals surface area contributed by atoms with Crippen LogP contribution < -0.4 is 9.47 Å². The molecule has 0 aliphatic rings. The average molecular weight is 525 g/mol. The van der Waals surface area contributed by atoms with Gasteiger partial charge in [-0.3, -0.25) is 4.79 Å². The van der Waals surface area contributed by atoms with Crippen LogP contribution in [0.2, 0.25) is 0 Å². The van der Waals surface area contributed by atoms with Crippen molar-refractivity contribution in [3.63, 3.8) is 0 Å². The summed E-state index contributed by atoms with van der Waals surface area (Å²) >= 11 is 0. The van der Waals surface area contributed by atoms with Gasteiger partial charge in [0.1, 0.15) is 23.9 Å². The predicted octanol–water partition coefficient (Wildman–Crippen LogP) is 8.13. The van der Waals surface area contributed by atoms with Gasteiger partial charge in [0, 0.05) is 18.1 Å². The van der Waals surface area contributed by atoms with E-state index < -0.39 is 5.97 Å². The number of benzene rings is 4. The van der Waals surface area contributed by atoms with Gasteiger partial charge in [0.2, 0.25) is 0 Å². The van der Waals surface area contributed by atoms with Crippen molar-refractivity contribution in [2.45, 2.75) is 39.2 Å². The second kappa shape index (κ2) is 14.0. The van der Waals surface area contributed by atoms with E-state index in [9.17, 15) is 9.18 Å². The SMILES string of the molecule is CCc1cc(-c2ccc(F)cc2)c(OCc2ccccc2)cc1OCCC=Cc1ccccc1CCC(=O)O. The molecule has 4 aromatic carbocycles. The number of aryl methyl sites for hydroxylation is 2. The van der Waals surface area contributed by atoms with E-state index in [1.54, 1.807) is 12.1 Å². The zero-order valence-corrected chi connectivity index (χ0v) is 22.1. The minimum absolute atomic E-state index is 0.107. The van der Waals surface area contributed by atoms with Crippen LogP contribution in [0.5, 0.6) is 11.5 Å². The summed E-state index contributed by atoms with van der Waals surface area (Å²) in [4.78, 5) is 11.0. The quantitative estimate of drug-likeness (QED) is 0.179. The molecular weight excluding hydrogens is 491 g/mol. The van der Waals surface area contributed by atoms with Gasteiger partial charge in [0.15, 0.2) is 0 Å². The van der Waals surface area contributed by atoms with Gasteiger partial charge >= 0.3 is 5.97 Å². The molecule has 0 spiro atoms. The molecule has 1 N–H and O–H groups in total. The maximum absolute atomic E-state index is 13.6. The summed E-state index contributed by atoms with van der Waals surface area (Å²) in [6.45, 7) is 2.97. The van der Waals surface area contributed by atoms with Gasteiger partial charge in [-0.15, -0.1) is 0 Å². The van der Waals surface area contributed by atoms with E-state index in [-0.39, 0.29) is 12.2 Å². The van der Waals surface area contributed by atoms with E-state index in [1.807, 2.05) is 72.8 Å². The van der Waals surface area contributed by atoms with Crippen LogP contribution in [0.15, 0.2) is 97.1 Å². The monoisotopic (exact) mass is 524 g/mol. The third-order valence-corrected chi connectivity index (χ3v) is 6.44. The summed E-state index contributed by atoms with van der Waals surface area (Å²) < 4.78 is 26.1. The van der Waals surface area contributed by atoms with Crippen LogP contribution in [0, 0.1) is 5.82 Å². The molecule has 0 heterocycles. The van der Waals surface area contributed by atoms with Gasteiger partial charge in [-0.05, 0) is 65.3 Å². The first-order chi connectivity index (χ1) is 19.0. The fraction of sp³-hybridized carbons (Fsp3) is 0.206. The normalized spacial score (nSPS) is 11.0. The molecule has 4 nitrogen and oxygen atoms in total. The number of rotatable bonds is 13. The lowest BCUT2D eigenvalue weighted by Crippen LogP contribution is -2.03. The van der Waals surface area contributed by atoms with E-state index in [0.717, 1.165) is 45.6 Å².